The molecule has 0 aliphatic rings. The normalized spacial score (nSPS) is 11.5. The minimum atomic E-state index is -3.78. The van der Waals surface area contributed by atoms with Crippen molar-refractivity contribution in [3.63, 3.8) is 0 Å². The van der Waals surface area contributed by atoms with Crippen molar-refractivity contribution in [2.24, 2.45) is 0 Å². The molecule has 0 amide bonds. The highest BCUT2D eigenvalue weighted by Crippen LogP contribution is 2.31. The molecule has 172 valence electrons. The van der Waals surface area contributed by atoms with E-state index in [4.69, 9.17) is 14.2 Å². The number of nitrogens with one attached hydrogen (secondary N) is 1. The molecule has 1 N–H and O–H groups in total. The molecule has 0 fully saturated rings. The van der Waals surface area contributed by atoms with Gasteiger partial charge in [-0.2, -0.15) is 4.52 Å². The van der Waals surface area contributed by atoms with Crippen molar-refractivity contribution in [2.45, 2.75) is 4.90 Å². The summed E-state index contributed by atoms with van der Waals surface area (Å²) in [6.45, 7) is 0.0108. The Morgan fingerprint density at radius 1 is 0.970 bits per heavy atom. The van der Waals surface area contributed by atoms with Crippen LogP contribution in [0.25, 0.3) is 17.0 Å². The van der Waals surface area contributed by atoms with E-state index in [1.54, 1.807) is 37.4 Å². The molecule has 0 saturated carbocycles. The SMILES string of the molecule is COc1ccc(-c2nnc3ccc(OCCNS(=O)(=O)c4ccc(F)cc4)nn23)cc1OC. The quantitative estimate of drug-likeness (QED) is 0.368. The Morgan fingerprint density at radius 3 is 2.45 bits per heavy atom. The van der Waals surface area contributed by atoms with Gasteiger partial charge in [-0.15, -0.1) is 15.3 Å². The number of fused-ring (bicyclic) bond motifs is 1. The first-order valence-corrected chi connectivity index (χ1v) is 11.2. The maximum absolute atomic E-state index is 13.0. The van der Waals surface area contributed by atoms with Gasteiger partial charge in [-0.05, 0) is 48.5 Å². The van der Waals surface area contributed by atoms with Crippen molar-refractivity contribution >= 4 is 15.7 Å². The van der Waals surface area contributed by atoms with E-state index in [1.807, 2.05) is 0 Å². The molecule has 33 heavy (non-hydrogen) atoms. The van der Waals surface area contributed by atoms with Crippen molar-refractivity contribution in [2.75, 3.05) is 27.4 Å². The molecule has 0 bridgehead atoms. The lowest BCUT2D eigenvalue weighted by atomic mass is 10.2. The van der Waals surface area contributed by atoms with Crippen molar-refractivity contribution in [1.82, 2.24) is 24.5 Å². The zero-order valence-corrected chi connectivity index (χ0v) is 18.5. The molecule has 0 radical (unpaired) electrons. The van der Waals surface area contributed by atoms with Gasteiger partial charge in [-0.25, -0.2) is 17.5 Å². The lowest BCUT2D eigenvalue weighted by Gasteiger charge is -2.09. The molecule has 0 aliphatic heterocycles. The average molecular weight is 473 g/mol. The van der Waals surface area contributed by atoms with E-state index >= 15 is 0 Å². The van der Waals surface area contributed by atoms with Crippen LogP contribution >= 0.6 is 0 Å². The molecule has 2 aromatic carbocycles. The second kappa shape index (κ2) is 9.38. The van der Waals surface area contributed by atoms with E-state index in [0.29, 0.717) is 28.5 Å². The number of ether oxygens (including phenoxy) is 3. The Labute approximate surface area is 189 Å². The Kier molecular flexibility index (Phi) is 6.38. The average Bonchev–Trinajstić information content (AvgIpc) is 3.25. The first kappa shape index (κ1) is 22.4. The molecule has 12 heteroatoms. The van der Waals surface area contributed by atoms with Crippen molar-refractivity contribution in [3.05, 3.63) is 60.4 Å². The number of halogens is 1. The number of hydrogen-bond donors (Lipinski definition) is 1. The van der Waals surface area contributed by atoms with Gasteiger partial charge in [-0.3, -0.25) is 0 Å². The summed E-state index contributed by atoms with van der Waals surface area (Å²) in [5.74, 6) is 1.32. The molecule has 0 spiro atoms. The zero-order chi connectivity index (χ0) is 23.4. The number of rotatable bonds is 9. The summed E-state index contributed by atoms with van der Waals surface area (Å²) in [5, 5.41) is 12.7. The number of hydrogen-bond acceptors (Lipinski definition) is 8. The van der Waals surface area contributed by atoms with E-state index in [1.165, 1.54) is 23.8 Å². The summed E-state index contributed by atoms with van der Waals surface area (Å²) in [6.07, 6.45) is 0. The Hall–Kier alpha value is -3.77. The summed E-state index contributed by atoms with van der Waals surface area (Å²) in [7, 11) is -0.686. The van der Waals surface area contributed by atoms with Crippen LogP contribution in [0.2, 0.25) is 0 Å². The van der Waals surface area contributed by atoms with Crippen LogP contribution in [0, 0.1) is 5.82 Å². The molecule has 0 aliphatic carbocycles. The number of nitrogens with zero attached hydrogens (tertiary/aromatic N) is 4. The predicted octanol–water partition coefficient (Wildman–Crippen LogP) is 2.30. The maximum Gasteiger partial charge on any atom is 0.240 e. The second-order valence-corrected chi connectivity index (χ2v) is 8.50. The van der Waals surface area contributed by atoms with Crippen molar-refractivity contribution < 1.29 is 27.0 Å². The van der Waals surface area contributed by atoms with Crippen LogP contribution < -0.4 is 18.9 Å². The van der Waals surface area contributed by atoms with Crippen LogP contribution in [0.4, 0.5) is 4.39 Å². The highest BCUT2D eigenvalue weighted by atomic mass is 32.2. The minimum Gasteiger partial charge on any atom is -0.493 e. The van der Waals surface area contributed by atoms with Crippen molar-refractivity contribution in [1.29, 1.82) is 0 Å². The smallest absolute Gasteiger partial charge is 0.240 e. The lowest BCUT2D eigenvalue weighted by molar-refractivity contribution is 0.306. The van der Waals surface area contributed by atoms with Gasteiger partial charge in [0.15, 0.2) is 23.0 Å². The molecule has 0 unspecified atom stereocenters. The molecule has 4 aromatic rings. The van der Waals surface area contributed by atoms with E-state index < -0.39 is 15.8 Å². The highest BCUT2D eigenvalue weighted by molar-refractivity contribution is 7.89. The van der Waals surface area contributed by atoms with Gasteiger partial charge in [0, 0.05) is 18.2 Å². The first-order valence-electron chi connectivity index (χ1n) is 9.74. The molecule has 0 atom stereocenters. The first-order chi connectivity index (χ1) is 15.9. The lowest BCUT2D eigenvalue weighted by Crippen LogP contribution is -2.28. The van der Waals surface area contributed by atoms with Crippen molar-refractivity contribution in [3.8, 4) is 28.8 Å². The fourth-order valence-corrected chi connectivity index (χ4v) is 4.05. The Balaban J connectivity index is 1.46. The third-order valence-electron chi connectivity index (χ3n) is 4.65. The van der Waals surface area contributed by atoms with Crippen LogP contribution in [-0.2, 0) is 10.0 Å². The topological polar surface area (TPSA) is 117 Å². The van der Waals surface area contributed by atoms with E-state index in [0.717, 1.165) is 12.1 Å². The predicted molar refractivity (Wildman–Crippen MR) is 116 cm³/mol. The fourth-order valence-electron chi connectivity index (χ4n) is 3.03. The van der Waals surface area contributed by atoms with Gasteiger partial charge in [0.1, 0.15) is 12.4 Å². The standard InChI is InChI=1S/C21H20FN5O5S/c1-30-17-8-3-14(13-18(17)31-2)21-25-24-19-9-10-20(26-27(19)21)32-12-11-23-33(28,29)16-6-4-15(22)5-7-16/h3-10,13,23H,11-12H2,1-2H3. The summed E-state index contributed by atoms with van der Waals surface area (Å²) >= 11 is 0. The number of sulfonamides is 1. The van der Waals surface area contributed by atoms with Crippen LogP contribution in [0.1, 0.15) is 0 Å². The zero-order valence-electron chi connectivity index (χ0n) is 17.7. The van der Waals surface area contributed by atoms with Gasteiger partial charge in [0.05, 0.1) is 19.1 Å². The summed E-state index contributed by atoms with van der Waals surface area (Å²) in [6, 6.07) is 13.2. The molecular formula is C21H20FN5O5S. The second-order valence-electron chi connectivity index (χ2n) is 6.74. The molecule has 0 saturated heterocycles. The Bertz CT molecular complexity index is 1380. The third kappa shape index (κ3) is 4.86. The van der Waals surface area contributed by atoms with Gasteiger partial charge in [0.2, 0.25) is 15.9 Å². The van der Waals surface area contributed by atoms with Gasteiger partial charge in [-0.1, -0.05) is 0 Å². The number of aromatic nitrogens is 4. The maximum atomic E-state index is 13.0. The molecule has 4 rings (SSSR count). The fraction of sp³-hybridized carbons (Fsp3) is 0.190. The summed E-state index contributed by atoms with van der Waals surface area (Å²) < 4.78 is 57.6. The van der Waals surface area contributed by atoms with Crippen LogP contribution in [0.3, 0.4) is 0 Å². The number of benzene rings is 2. The monoisotopic (exact) mass is 473 g/mol. The Morgan fingerprint density at radius 2 is 1.73 bits per heavy atom. The molecule has 10 nitrogen and oxygen atoms in total. The molecule has 2 heterocycles. The molecule has 2 aromatic heterocycles. The summed E-state index contributed by atoms with van der Waals surface area (Å²) in [4.78, 5) is -0.0347. The van der Waals surface area contributed by atoms with Crippen LogP contribution in [0.5, 0.6) is 17.4 Å². The largest absolute Gasteiger partial charge is 0.493 e. The highest BCUT2D eigenvalue weighted by Gasteiger charge is 2.15. The van der Waals surface area contributed by atoms with Crippen LogP contribution in [-0.4, -0.2) is 55.6 Å². The third-order valence-corrected chi connectivity index (χ3v) is 6.13. The van der Waals surface area contributed by atoms with E-state index in [-0.39, 0.29) is 23.9 Å². The van der Waals surface area contributed by atoms with E-state index in [9.17, 15) is 12.8 Å². The van der Waals surface area contributed by atoms with Gasteiger partial charge >= 0.3 is 0 Å². The van der Waals surface area contributed by atoms with Gasteiger partial charge in [0.25, 0.3) is 0 Å². The minimum absolute atomic E-state index is 0.00978. The van der Waals surface area contributed by atoms with Crippen LogP contribution in [0.15, 0.2) is 59.5 Å². The van der Waals surface area contributed by atoms with Gasteiger partial charge < -0.3 is 14.2 Å². The molecular weight excluding hydrogens is 453 g/mol. The van der Waals surface area contributed by atoms with E-state index in [2.05, 4.69) is 20.0 Å². The number of methoxy groups -OCH3 is 2. The summed E-state index contributed by atoms with van der Waals surface area (Å²) in [5.41, 5.74) is 1.21.